The molecule has 0 aliphatic carbocycles. The lowest BCUT2D eigenvalue weighted by atomic mass is 10.1. The Bertz CT molecular complexity index is 481. The summed E-state index contributed by atoms with van der Waals surface area (Å²) in [4.78, 5) is 14.1. The average Bonchev–Trinajstić information content (AvgIpc) is 2.34. The maximum absolute atomic E-state index is 10.8. The Morgan fingerprint density at radius 2 is 2.29 bits per heavy atom. The molecule has 0 radical (unpaired) electrons. The van der Waals surface area contributed by atoms with Gasteiger partial charge in [0.1, 0.15) is 0 Å². The Balaban J connectivity index is 3.34. The van der Waals surface area contributed by atoms with Gasteiger partial charge in [0.25, 0.3) is 0 Å². The molecular weight excluding hydrogens is 222 g/mol. The fourth-order valence-electron chi connectivity index (χ4n) is 1.36. The number of nitro benzene ring substituents is 1. The van der Waals surface area contributed by atoms with Gasteiger partial charge in [-0.15, -0.1) is 0 Å². The molecule has 1 aromatic rings. The fourth-order valence-corrected chi connectivity index (χ4v) is 1.36. The van der Waals surface area contributed by atoms with Crippen LogP contribution in [0.5, 0.6) is 5.75 Å². The number of aliphatic imine (C=N–C) groups is 1. The molecule has 1 aromatic carbocycles. The normalized spacial score (nSPS) is 11.8. The summed E-state index contributed by atoms with van der Waals surface area (Å²) in [5, 5.41) is 10.8. The van der Waals surface area contributed by atoms with Crippen molar-refractivity contribution in [3.05, 3.63) is 40.0 Å². The molecule has 90 valence electrons. The Labute approximate surface area is 98.6 Å². The number of nitrogens with two attached hydrogens (primary N) is 1. The van der Waals surface area contributed by atoms with Crippen molar-refractivity contribution in [2.24, 2.45) is 10.7 Å². The second-order valence-electron chi connectivity index (χ2n) is 3.14. The van der Waals surface area contributed by atoms with Gasteiger partial charge < -0.3 is 10.5 Å². The van der Waals surface area contributed by atoms with Gasteiger partial charge in [0.05, 0.1) is 12.0 Å². The molecule has 0 amide bonds. The van der Waals surface area contributed by atoms with Gasteiger partial charge in [-0.25, -0.2) is 0 Å². The molecule has 0 heterocycles. The molecule has 0 saturated carbocycles. The highest BCUT2D eigenvalue weighted by Crippen LogP contribution is 2.32. The summed E-state index contributed by atoms with van der Waals surface area (Å²) < 4.78 is 5.03. The number of nitro groups is 1. The number of rotatable bonds is 4. The predicted molar refractivity (Wildman–Crippen MR) is 66.2 cm³/mol. The zero-order valence-corrected chi connectivity index (χ0v) is 9.58. The molecule has 0 aliphatic heterocycles. The molecular formula is C11H13N3O3. The third-order valence-electron chi connectivity index (χ3n) is 2.11. The highest BCUT2D eigenvalue weighted by molar-refractivity contribution is 5.85. The van der Waals surface area contributed by atoms with Crippen molar-refractivity contribution in [2.45, 2.75) is 0 Å². The van der Waals surface area contributed by atoms with Gasteiger partial charge in [-0.2, -0.15) is 0 Å². The Hall–Kier alpha value is -2.37. The van der Waals surface area contributed by atoms with Gasteiger partial charge in [0.2, 0.25) is 5.75 Å². The van der Waals surface area contributed by atoms with Crippen LogP contribution < -0.4 is 10.5 Å². The smallest absolute Gasteiger partial charge is 0.311 e. The van der Waals surface area contributed by atoms with Crippen LogP contribution in [0, 0.1) is 10.1 Å². The minimum atomic E-state index is -0.510. The van der Waals surface area contributed by atoms with E-state index in [9.17, 15) is 10.1 Å². The number of allylic oxidation sites excluding steroid dienone is 1. The van der Waals surface area contributed by atoms with Gasteiger partial charge in [0, 0.05) is 30.6 Å². The summed E-state index contributed by atoms with van der Waals surface area (Å²) in [6.45, 7) is 0. The quantitative estimate of drug-likeness (QED) is 0.487. The number of hydrogen-bond acceptors (Lipinski definition) is 5. The number of hydrogen-bond donors (Lipinski definition) is 1. The van der Waals surface area contributed by atoms with Crippen LogP contribution in [0.3, 0.4) is 0 Å². The molecule has 0 bridgehead atoms. The van der Waals surface area contributed by atoms with Gasteiger partial charge in [0.15, 0.2) is 0 Å². The highest BCUT2D eigenvalue weighted by Gasteiger charge is 2.18. The lowest BCUT2D eigenvalue weighted by Crippen LogP contribution is -2.02. The largest absolute Gasteiger partial charge is 0.490 e. The first-order valence-electron chi connectivity index (χ1n) is 4.81. The predicted octanol–water partition coefficient (Wildman–Crippen LogP) is 1.60. The lowest BCUT2D eigenvalue weighted by molar-refractivity contribution is -0.385. The summed E-state index contributed by atoms with van der Waals surface area (Å²) in [5.74, 6) is 0.149. The van der Waals surface area contributed by atoms with Crippen molar-refractivity contribution >= 4 is 17.6 Å². The first kappa shape index (κ1) is 12.7. The van der Waals surface area contributed by atoms with E-state index in [1.54, 1.807) is 25.3 Å². The zero-order valence-electron chi connectivity index (χ0n) is 9.58. The van der Waals surface area contributed by atoms with Crippen molar-refractivity contribution in [1.82, 2.24) is 0 Å². The topological polar surface area (TPSA) is 90.8 Å². The SMILES string of the molecule is CN=CC=C(N)c1cccc([N+](=O)[O-])c1OC. The average molecular weight is 235 g/mol. The Morgan fingerprint density at radius 1 is 1.59 bits per heavy atom. The monoisotopic (exact) mass is 235 g/mol. The van der Waals surface area contributed by atoms with E-state index in [-0.39, 0.29) is 11.4 Å². The molecule has 1 rings (SSSR count). The summed E-state index contributed by atoms with van der Waals surface area (Å²) in [7, 11) is 2.97. The molecule has 0 spiro atoms. The molecule has 0 aromatic heterocycles. The minimum absolute atomic E-state index is 0.116. The fraction of sp³-hybridized carbons (Fsp3) is 0.182. The molecule has 0 saturated heterocycles. The number of methoxy groups -OCH3 is 1. The van der Waals surface area contributed by atoms with Gasteiger partial charge >= 0.3 is 5.69 Å². The van der Waals surface area contributed by atoms with Crippen LogP contribution in [0.25, 0.3) is 5.70 Å². The van der Waals surface area contributed by atoms with E-state index < -0.39 is 4.92 Å². The molecule has 6 nitrogen and oxygen atoms in total. The molecule has 0 aliphatic rings. The minimum Gasteiger partial charge on any atom is -0.490 e. The van der Waals surface area contributed by atoms with Crippen molar-refractivity contribution in [3.8, 4) is 5.75 Å². The summed E-state index contributed by atoms with van der Waals surface area (Å²) in [6.07, 6.45) is 3.06. The molecule has 17 heavy (non-hydrogen) atoms. The molecule has 0 atom stereocenters. The first-order valence-corrected chi connectivity index (χ1v) is 4.81. The highest BCUT2D eigenvalue weighted by atomic mass is 16.6. The van der Waals surface area contributed by atoms with Crippen LogP contribution in [-0.4, -0.2) is 25.3 Å². The molecule has 0 fully saturated rings. The van der Waals surface area contributed by atoms with Gasteiger partial charge in [-0.1, -0.05) is 6.07 Å². The molecule has 2 N–H and O–H groups in total. The number of ether oxygens (including phenoxy) is 1. The number of para-hydroxylation sites is 1. The third kappa shape index (κ3) is 2.81. The van der Waals surface area contributed by atoms with Crippen LogP contribution in [0.4, 0.5) is 5.69 Å². The van der Waals surface area contributed by atoms with Crippen molar-refractivity contribution in [1.29, 1.82) is 0 Å². The van der Waals surface area contributed by atoms with Crippen LogP contribution in [0.15, 0.2) is 29.3 Å². The second kappa shape index (κ2) is 5.64. The third-order valence-corrected chi connectivity index (χ3v) is 2.11. The van der Waals surface area contributed by atoms with E-state index in [0.29, 0.717) is 11.3 Å². The van der Waals surface area contributed by atoms with E-state index in [2.05, 4.69) is 4.99 Å². The lowest BCUT2D eigenvalue weighted by Gasteiger charge is -2.08. The van der Waals surface area contributed by atoms with Crippen LogP contribution in [-0.2, 0) is 0 Å². The van der Waals surface area contributed by atoms with Crippen LogP contribution >= 0.6 is 0 Å². The number of benzene rings is 1. The zero-order chi connectivity index (χ0) is 12.8. The maximum Gasteiger partial charge on any atom is 0.311 e. The van der Waals surface area contributed by atoms with E-state index >= 15 is 0 Å². The van der Waals surface area contributed by atoms with E-state index in [1.807, 2.05) is 0 Å². The van der Waals surface area contributed by atoms with Crippen molar-refractivity contribution < 1.29 is 9.66 Å². The van der Waals surface area contributed by atoms with E-state index in [0.717, 1.165) is 0 Å². The Kier molecular flexibility index (Phi) is 4.21. The summed E-state index contributed by atoms with van der Waals surface area (Å²) >= 11 is 0. The van der Waals surface area contributed by atoms with Gasteiger partial charge in [-0.3, -0.25) is 15.1 Å². The number of nitrogens with zero attached hydrogens (tertiary/aromatic N) is 2. The van der Waals surface area contributed by atoms with Crippen molar-refractivity contribution in [2.75, 3.05) is 14.2 Å². The van der Waals surface area contributed by atoms with Crippen LogP contribution in [0.1, 0.15) is 5.56 Å². The second-order valence-corrected chi connectivity index (χ2v) is 3.14. The van der Waals surface area contributed by atoms with E-state index in [4.69, 9.17) is 10.5 Å². The standard InChI is InChI=1S/C11H13N3O3/c1-13-7-6-9(12)8-4-3-5-10(14(15)16)11(8)17-2/h3-7H,12H2,1-2H3. The van der Waals surface area contributed by atoms with Gasteiger partial charge in [-0.05, 0) is 12.1 Å². The molecule has 6 heteroatoms. The van der Waals surface area contributed by atoms with E-state index in [1.165, 1.54) is 19.4 Å². The summed E-state index contributed by atoms with van der Waals surface area (Å²) in [5.41, 5.74) is 6.51. The van der Waals surface area contributed by atoms with Crippen molar-refractivity contribution in [3.63, 3.8) is 0 Å². The summed E-state index contributed by atoms with van der Waals surface area (Å²) in [6, 6.07) is 4.57. The maximum atomic E-state index is 10.8. The molecule has 0 unspecified atom stereocenters. The Morgan fingerprint density at radius 3 is 2.82 bits per heavy atom. The van der Waals surface area contributed by atoms with Crippen LogP contribution in [0.2, 0.25) is 0 Å². The first-order chi connectivity index (χ1) is 8.11.